The lowest BCUT2D eigenvalue weighted by Gasteiger charge is -2.35. The molecule has 1 heterocycles. The average Bonchev–Trinajstić information content (AvgIpc) is 1.97. The molecule has 1 saturated heterocycles. The third-order valence-corrected chi connectivity index (χ3v) is 1.78. The molecule has 0 bridgehead atoms. The van der Waals surface area contributed by atoms with Crippen molar-refractivity contribution in [1.82, 2.24) is 0 Å². The number of aliphatic hydroxyl groups excluding tert-OH is 3. The van der Waals surface area contributed by atoms with E-state index in [9.17, 15) is 4.39 Å². The van der Waals surface area contributed by atoms with E-state index in [4.69, 9.17) is 15.3 Å². The Balaban J connectivity index is 2.63. The Bertz CT molecular complexity index is 129. The molecule has 1 rings (SSSR count). The monoisotopic (exact) mass is 166 g/mol. The Morgan fingerprint density at radius 1 is 1.18 bits per heavy atom. The number of rotatable bonds is 0. The van der Waals surface area contributed by atoms with E-state index in [1.807, 2.05) is 0 Å². The molecule has 3 N–H and O–H groups in total. The first-order valence-electron chi connectivity index (χ1n) is 3.37. The molecule has 1 aliphatic heterocycles. The summed E-state index contributed by atoms with van der Waals surface area (Å²) in [5.41, 5.74) is 0. The van der Waals surface area contributed by atoms with Gasteiger partial charge in [0.15, 0.2) is 12.5 Å². The minimum Gasteiger partial charge on any atom is -0.388 e. The van der Waals surface area contributed by atoms with Crippen LogP contribution in [-0.2, 0) is 4.74 Å². The average molecular weight is 166 g/mol. The van der Waals surface area contributed by atoms with E-state index < -0.39 is 30.8 Å². The van der Waals surface area contributed by atoms with Crippen LogP contribution >= 0.6 is 0 Å². The molecule has 0 spiro atoms. The molecule has 11 heavy (non-hydrogen) atoms. The fraction of sp³-hybridized carbons (Fsp3) is 1.00. The zero-order valence-electron chi connectivity index (χ0n) is 6.01. The summed E-state index contributed by atoms with van der Waals surface area (Å²) in [7, 11) is 0. The van der Waals surface area contributed by atoms with Gasteiger partial charge in [0.25, 0.3) is 0 Å². The minimum atomic E-state index is -1.93. The maximum atomic E-state index is 12.6. The van der Waals surface area contributed by atoms with Crippen LogP contribution in [-0.4, -0.2) is 46.1 Å². The molecule has 1 aliphatic rings. The van der Waals surface area contributed by atoms with E-state index in [1.54, 1.807) is 0 Å². The summed E-state index contributed by atoms with van der Waals surface area (Å²) in [6.45, 7) is 1.45. The second kappa shape index (κ2) is 3.02. The highest BCUT2D eigenvalue weighted by atomic mass is 19.1. The van der Waals surface area contributed by atoms with Crippen molar-refractivity contribution in [1.29, 1.82) is 0 Å². The largest absolute Gasteiger partial charge is 0.388 e. The Morgan fingerprint density at radius 2 is 1.73 bits per heavy atom. The van der Waals surface area contributed by atoms with Gasteiger partial charge in [0, 0.05) is 0 Å². The smallest absolute Gasteiger partial charge is 0.189 e. The molecule has 5 heteroatoms. The van der Waals surface area contributed by atoms with Gasteiger partial charge in [0.2, 0.25) is 0 Å². The lowest BCUT2D eigenvalue weighted by Crippen LogP contribution is -2.54. The maximum Gasteiger partial charge on any atom is 0.189 e. The molecule has 0 aromatic rings. The van der Waals surface area contributed by atoms with Crippen molar-refractivity contribution in [2.75, 3.05) is 0 Å². The van der Waals surface area contributed by atoms with Crippen LogP contribution in [0.3, 0.4) is 0 Å². The van der Waals surface area contributed by atoms with Gasteiger partial charge in [-0.3, -0.25) is 0 Å². The molecule has 0 unspecified atom stereocenters. The number of hydrogen-bond donors (Lipinski definition) is 3. The topological polar surface area (TPSA) is 69.9 Å². The van der Waals surface area contributed by atoms with Gasteiger partial charge in [-0.15, -0.1) is 0 Å². The van der Waals surface area contributed by atoms with E-state index in [0.717, 1.165) is 0 Å². The zero-order chi connectivity index (χ0) is 8.59. The minimum absolute atomic E-state index is 0.744. The highest BCUT2D eigenvalue weighted by molar-refractivity contribution is 4.86. The second-order valence-electron chi connectivity index (χ2n) is 2.66. The summed E-state index contributed by atoms with van der Waals surface area (Å²) in [6, 6.07) is 0. The lowest BCUT2D eigenvalue weighted by atomic mass is 10.0. The van der Waals surface area contributed by atoms with Crippen LogP contribution in [0.4, 0.5) is 4.39 Å². The van der Waals surface area contributed by atoms with Gasteiger partial charge in [0.1, 0.15) is 12.2 Å². The van der Waals surface area contributed by atoms with Gasteiger partial charge in [-0.25, -0.2) is 4.39 Å². The van der Waals surface area contributed by atoms with Crippen LogP contribution in [0.5, 0.6) is 0 Å². The SMILES string of the molecule is C[C@@H]1O[C@@H](O)[C@H](F)[C@@H](O)[C@@H]1O. The van der Waals surface area contributed by atoms with Crippen LogP contribution in [0, 0.1) is 0 Å². The summed E-state index contributed by atoms with van der Waals surface area (Å²) < 4.78 is 17.2. The van der Waals surface area contributed by atoms with Crippen LogP contribution < -0.4 is 0 Å². The van der Waals surface area contributed by atoms with Crippen molar-refractivity contribution >= 4 is 0 Å². The molecule has 0 aliphatic carbocycles. The molecule has 66 valence electrons. The summed E-state index contributed by atoms with van der Waals surface area (Å²) in [5, 5.41) is 26.7. The van der Waals surface area contributed by atoms with Crippen LogP contribution in [0.15, 0.2) is 0 Å². The van der Waals surface area contributed by atoms with Gasteiger partial charge in [-0.05, 0) is 6.92 Å². The number of alkyl halides is 1. The molecule has 0 radical (unpaired) electrons. The predicted molar refractivity (Wildman–Crippen MR) is 33.5 cm³/mol. The highest BCUT2D eigenvalue weighted by Crippen LogP contribution is 2.21. The quantitative estimate of drug-likeness (QED) is 0.422. The maximum absolute atomic E-state index is 12.6. The first-order valence-corrected chi connectivity index (χ1v) is 3.37. The fourth-order valence-electron chi connectivity index (χ4n) is 1.01. The summed E-state index contributed by atoms with van der Waals surface area (Å²) in [5.74, 6) is 0. The van der Waals surface area contributed by atoms with E-state index >= 15 is 0 Å². The van der Waals surface area contributed by atoms with Crippen LogP contribution in [0.1, 0.15) is 6.92 Å². The Kier molecular flexibility index (Phi) is 2.43. The third-order valence-electron chi connectivity index (χ3n) is 1.78. The van der Waals surface area contributed by atoms with Gasteiger partial charge >= 0.3 is 0 Å². The molecule has 0 aromatic heterocycles. The van der Waals surface area contributed by atoms with Gasteiger partial charge < -0.3 is 20.1 Å². The first-order chi connectivity index (χ1) is 5.04. The van der Waals surface area contributed by atoms with Crippen LogP contribution in [0.2, 0.25) is 0 Å². The van der Waals surface area contributed by atoms with Gasteiger partial charge in [0.05, 0.1) is 6.10 Å². The number of halogens is 1. The van der Waals surface area contributed by atoms with Crippen molar-refractivity contribution in [3.05, 3.63) is 0 Å². The number of aliphatic hydroxyl groups is 3. The third kappa shape index (κ3) is 1.51. The molecular formula is C6H11FO4. The lowest BCUT2D eigenvalue weighted by molar-refractivity contribution is -0.261. The normalized spacial score (nSPS) is 52.6. The van der Waals surface area contributed by atoms with Crippen molar-refractivity contribution in [3.63, 3.8) is 0 Å². The molecule has 1 fully saturated rings. The zero-order valence-corrected chi connectivity index (χ0v) is 6.01. The van der Waals surface area contributed by atoms with Crippen LogP contribution in [0.25, 0.3) is 0 Å². The summed E-state index contributed by atoms with van der Waals surface area (Å²) >= 11 is 0. The predicted octanol–water partition coefficient (Wildman–Crippen LogP) is -1.22. The van der Waals surface area contributed by atoms with E-state index in [0.29, 0.717) is 0 Å². The molecule has 0 saturated carbocycles. The van der Waals surface area contributed by atoms with Gasteiger partial charge in [-0.1, -0.05) is 0 Å². The fourth-order valence-corrected chi connectivity index (χ4v) is 1.01. The van der Waals surface area contributed by atoms with E-state index in [2.05, 4.69) is 4.74 Å². The van der Waals surface area contributed by atoms with Crippen molar-refractivity contribution < 1.29 is 24.4 Å². The molecular weight excluding hydrogens is 155 g/mol. The molecule has 4 nitrogen and oxygen atoms in total. The second-order valence-corrected chi connectivity index (χ2v) is 2.66. The van der Waals surface area contributed by atoms with Crippen molar-refractivity contribution in [3.8, 4) is 0 Å². The first kappa shape index (κ1) is 8.86. The van der Waals surface area contributed by atoms with Gasteiger partial charge in [-0.2, -0.15) is 0 Å². The summed E-state index contributed by atoms with van der Waals surface area (Å²) in [6.07, 6.45) is -7.14. The highest BCUT2D eigenvalue weighted by Gasteiger charge is 2.42. The Morgan fingerprint density at radius 3 is 2.27 bits per heavy atom. The summed E-state index contributed by atoms with van der Waals surface area (Å²) in [4.78, 5) is 0. The number of hydrogen-bond acceptors (Lipinski definition) is 4. The van der Waals surface area contributed by atoms with Crippen molar-refractivity contribution in [2.24, 2.45) is 0 Å². The Labute approximate surface area is 63.2 Å². The molecule has 0 amide bonds. The number of ether oxygens (including phenoxy) is 1. The standard InChI is InChI=1S/C6H11FO4/c1-2-4(8)5(9)3(7)6(10)11-2/h2-6,8-10H,1H3/t2-,3+,4+,5+,6+/m0/s1. The van der Waals surface area contributed by atoms with E-state index in [-0.39, 0.29) is 0 Å². The molecule has 5 atom stereocenters. The molecule has 0 aromatic carbocycles. The van der Waals surface area contributed by atoms with E-state index in [1.165, 1.54) is 6.92 Å². The van der Waals surface area contributed by atoms with Crippen molar-refractivity contribution in [2.45, 2.75) is 37.7 Å². The Hall–Kier alpha value is -0.230.